The second-order valence-corrected chi connectivity index (χ2v) is 9.74. The minimum absolute atomic E-state index is 0.00330. The molecule has 1 saturated heterocycles. The summed E-state index contributed by atoms with van der Waals surface area (Å²) in [5.74, 6) is 0.682. The van der Waals surface area contributed by atoms with E-state index in [4.69, 9.17) is 0 Å². The van der Waals surface area contributed by atoms with Gasteiger partial charge in [-0.3, -0.25) is 14.1 Å². The molecule has 1 N–H and O–H groups in total. The number of anilines is 1. The van der Waals surface area contributed by atoms with Gasteiger partial charge in [0.25, 0.3) is 0 Å². The maximum Gasteiger partial charge on any atom is 0.240 e. The lowest BCUT2D eigenvalue weighted by Crippen LogP contribution is -2.35. The smallest absolute Gasteiger partial charge is 0.240 e. The quantitative estimate of drug-likeness (QED) is 0.498. The van der Waals surface area contributed by atoms with Crippen molar-refractivity contribution in [2.24, 2.45) is 0 Å². The molecule has 160 valence electrons. The second kappa shape index (κ2) is 8.91. The Morgan fingerprint density at radius 3 is 3.10 bits per heavy atom. The third kappa shape index (κ3) is 4.72. The zero-order valence-electron chi connectivity index (χ0n) is 17.2. The summed E-state index contributed by atoms with van der Waals surface area (Å²) in [6.07, 6.45) is 6.62. The third-order valence-electron chi connectivity index (χ3n) is 5.26. The summed E-state index contributed by atoms with van der Waals surface area (Å²) in [4.78, 5) is 31.3. The zero-order chi connectivity index (χ0) is 21.2. The van der Waals surface area contributed by atoms with E-state index in [9.17, 15) is 4.79 Å². The molecule has 5 rings (SSSR count). The van der Waals surface area contributed by atoms with Crippen LogP contribution < -0.4 is 5.32 Å². The highest BCUT2D eigenvalue weighted by Gasteiger charge is 2.16. The summed E-state index contributed by atoms with van der Waals surface area (Å²) in [5, 5.41) is 4.63. The lowest BCUT2D eigenvalue weighted by Gasteiger charge is -2.18. The van der Waals surface area contributed by atoms with E-state index in [1.165, 1.54) is 11.3 Å². The predicted octanol–water partition coefficient (Wildman–Crippen LogP) is 3.07. The molecule has 0 bridgehead atoms. The maximum atomic E-state index is 12.5. The number of benzene rings is 1. The molecule has 0 aliphatic carbocycles. The molecule has 1 aliphatic rings. The minimum Gasteiger partial charge on any atom is -0.305 e. The summed E-state index contributed by atoms with van der Waals surface area (Å²) in [7, 11) is 2.13. The Hall–Kier alpha value is -2.53. The molecule has 0 unspecified atom stereocenters. The molecule has 31 heavy (non-hydrogen) atoms. The summed E-state index contributed by atoms with van der Waals surface area (Å²) < 4.78 is 3.01. The first kappa shape index (κ1) is 20.4. The van der Waals surface area contributed by atoms with Gasteiger partial charge >= 0.3 is 0 Å². The molecule has 0 spiro atoms. The van der Waals surface area contributed by atoms with E-state index in [0.29, 0.717) is 17.5 Å². The normalized spacial score (nSPS) is 16.0. The number of hydrogen-bond donors (Lipinski definition) is 1. The molecule has 4 aromatic rings. The van der Waals surface area contributed by atoms with Crippen molar-refractivity contribution in [2.45, 2.75) is 16.3 Å². The second-order valence-electron chi connectivity index (χ2n) is 7.62. The molecule has 4 heterocycles. The number of nitrogens with zero attached hydrogens (tertiary/aromatic N) is 6. The van der Waals surface area contributed by atoms with Crippen molar-refractivity contribution < 1.29 is 4.79 Å². The van der Waals surface area contributed by atoms with E-state index in [2.05, 4.69) is 43.2 Å². The van der Waals surface area contributed by atoms with Crippen LogP contribution in [0, 0.1) is 0 Å². The van der Waals surface area contributed by atoms with Crippen molar-refractivity contribution in [1.82, 2.24) is 29.2 Å². The minimum atomic E-state index is -0.00330. The number of carbonyl (C=O) groups is 1. The van der Waals surface area contributed by atoms with Gasteiger partial charge in [0.05, 0.1) is 23.0 Å². The van der Waals surface area contributed by atoms with E-state index in [-0.39, 0.29) is 5.91 Å². The van der Waals surface area contributed by atoms with Crippen LogP contribution in [0.3, 0.4) is 0 Å². The van der Waals surface area contributed by atoms with Gasteiger partial charge in [-0.25, -0.2) is 15.0 Å². The standard InChI is InChI=1S/C21H23N7OS2/c1-26-7-3-8-27(11-10-26)14-18(29)25-21-24-16-5-4-15(12-17(16)31-21)30-19-13-23-20-22-6-2-9-28(19)20/h2,4-6,9,12-13H,3,7-8,10-11,14H2,1H3,(H,24,25,29). The highest BCUT2D eigenvalue weighted by molar-refractivity contribution is 7.99. The van der Waals surface area contributed by atoms with Gasteiger partial charge < -0.3 is 10.2 Å². The Morgan fingerprint density at radius 2 is 2.16 bits per heavy atom. The molecule has 0 atom stereocenters. The molecule has 8 nitrogen and oxygen atoms in total. The van der Waals surface area contributed by atoms with Crippen molar-refractivity contribution in [3.05, 3.63) is 42.9 Å². The van der Waals surface area contributed by atoms with E-state index in [1.54, 1.807) is 18.0 Å². The van der Waals surface area contributed by atoms with Crippen LogP contribution in [0.15, 0.2) is 52.8 Å². The number of amides is 1. The van der Waals surface area contributed by atoms with Crippen molar-refractivity contribution in [3.8, 4) is 0 Å². The van der Waals surface area contributed by atoms with Gasteiger partial charge in [-0.2, -0.15) is 0 Å². The van der Waals surface area contributed by atoms with Gasteiger partial charge in [0.15, 0.2) is 5.13 Å². The fourth-order valence-electron chi connectivity index (χ4n) is 3.64. The molecule has 0 radical (unpaired) electrons. The number of fused-ring (bicyclic) bond motifs is 2. The number of nitrogens with one attached hydrogen (secondary N) is 1. The SMILES string of the molecule is CN1CCCN(CC(=O)Nc2nc3ccc(Sc4cnc5ncccn45)cc3s2)CC1. The van der Waals surface area contributed by atoms with Crippen molar-refractivity contribution in [1.29, 1.82) is 0 Å². The van der Waals surface area contributed by atoms with Crippen LogP contribution in [0.4, 0.5) is 5.13 Å². The molecule has 10 heteroatoms. The maximum absolute atomic E-state index is 12.5. The number of rotatable bonds is 5. The first-order chi connectivity index (χ1) is 15.1. The number of thiazole rings is 1. The fourth-order valence-corrected chi connectivity index (χ4v) is 5.54. The first-order valence-electron chi connectivity index (χ1n) is 10.2. The summed E-state index contributed by atoms with van der Waals surface area (Å²) >= 11 is 3.13. The van der Waals surface area contributed by atoms with Gasteiger partial charge in [-0.1, -0.05) is 23.1 Å². The lowest BCUT2D eigenvalue weighted by atomic mass is 10.3. The Bertz CT molecular complexity index is 1220. The molecule has 1 aromatic carbocycles. The summed E-state index contributed by atoms with van der Waals surface area (Å²) in [6.45, 7) is 4.37. The summed E-state index contributed by atoms with van der Waals surface area (Å²) in [5.41, 5.74) is 0.890. The Morgan fingerprint density at radius 1 is 1.23 bits per heavy atom. The molecular formula is C21H23N7OS2. The molecule has 0 saturated carbocycles. The van der Waals surface area contributed by atoms with E-state index >= 15 is 0 Å². The van der Waals surface area contributed by atoms with Gasteiger partial charge in [-0.05, 0) is 50.8 Å². The van der Waals surface area contributed by atoms with Crippen LogP contribution >= 0.6 is 23.1 Å². The average Bonchev–Trinajstić information content (AvgIpc) is 3.28. The fraction of sp³-hybridized carbons (Fsp3) is 0.333. The van der Waals surface area contributed by atoms with E-state index in [0.717, 1.165) is 52.7 Å². The van der Waals surface area contributed by atoms with E-state index in [1.807, 2.05) is 35.0 Å². The topological polar surface area (TPSA) is 78.7 Å². The largest absolute Gasteiger partial charge is 0.305 e. The molecule has 1 amide bonds. The Kier molecular flexibility index (Phi) is 5.86. The Labute approximate surface area is 188 Å². The van der Waals surface area contributed by atoms with Crippen molar-refractivity contribution in [3.63, 3.8) is 0 Å². The number of likely N-dealkylation sites (N-methyl/N-ethyl adjacent to an activating group) is 1. The number of carbonyl (C=O) groups excluding carboxylic acids is 1. The molecule has 3 aromatic heterocycles. The molecule has 1 fully saturated rings. The average molecular weight is 454 g/mol. The van der Waals surface area contributed by atoms with Crippen LogP contribution in [0.2, 0.25) is 0 Å². The van der Waals surface area contributed by atoms with Gasteiger partial charge in [-0.15, -0.1) is 0 Å². The van der Waals surface area contributed by atoms with Gasteiger partial charge in [0.1, 0.15) is 5.03 Å². The van der Waals surface area contributed by atoms with E-state index < -0.39 is 0 Å². The van der Waals surface area contributed by atoms with Crippen LogP contribution in [0.1, 0.15) is 6.42 Å². The number of imidazole rings is 1. The summed E-state index contributed by atoms with van der Waals surface area (Å²) in [6, 6.07) is 8.04. The van der Waals surface area contributed by atoms with Crippen molar-refractivity contribution in [2.75, 3.05) is 45.1 Å². The predicted molar refractivity (Wildman–Crippen MR) is 124 cm³/mol. The van der Waals surface area contributed by atoms with Gasteiger partial charge in [0.2, 0.25) is 11.7 Å². The van der Waals surface area contributed by atoms with Crippen LogP contribution in [-0.2, 0) is 4.79 Å². The molecular weight excluding hydrogens is 430 g/mol. The number of hydrogen-bond acceptors (Lipinski definition) is 8. The zero-order valence-corrected chi connectivity index (χ0v) is 18.8. The van der Waals surface area contributed by atoms with Crippen molar-refractivity contribution >= 4 is 50.1 Å². The monoisotopic (exact) mass is 453 g/mol. The van der Waals surface area contributed by atoms with Crippen LogP contribution in [0.5, 0.6) is 0 Å². The lowest BCUT2D eigenvalue weighted by molar-refractivity contribution is -0.117. The third-order valence-corrected chi connectivity index (χ3v) is 7.20. The highest BCUT2D eigenvalue weighted by atomic mass is 32.2. The molecule has 1 aliphatic heterocycles. The van der Waals surface area contributed by atoms with Crippen LogP contribution in [0.25, 0.3) is 16.0 Å². The Balaban J connectivity index is 1.26. The van der Waals surface area contributed by atoms with Gasteiger partial charge in [0, 0.05) is 30.4 Å². The highest BCUT2D eigenvalue weighted by Crippen LogP contribution is 2.33. The number of aromatic nitrogens is 4. The first-order valence-corrected chi connectivity index (χ1v) is 11.8. The van der Waals surface area contributed by atoms with Crippen LogP contribution in [-0.4, -0.2) is 74.8 Å².